The molecule has 0 aromatic heterocycles. The second kappa shape index (κ2) is 19.1. The number of carbonyl (C=O) groups excluding carboxylic acids is 5. The van der Waals surface area contributed by atoms with Crippen molar-refractivity contribution in [2.24, 2.45) is 11.5 Å². The number of aliphatic hydroxyl groups is 2. The van der Waals surface area contributed by atoms with Crippen molar-refractivity contribution < 1.29 is 44.1 Å². The first kappa shape index (κ1) is 35.9. The number of carboxylic acid groups (broad SMARTS) is 1. The molecule has 0 bridgehead atoms. The van der Waals surface area contributed by atoms with Gasteiger partial charge in [-0.1, -0.05) is 30.3 Å². The molecule has 0 saturated heterocycles. The Morgan fingerprint density at radius 1 is 0.786 bits per heavy atom. The molecule has 5 amide bonds. The molecule has 0 aliphatic carbocycles. The van der Waals surface area contributed by atoms with Gasteiger partial charge >= 0.3 is 5.97 Å². The Hall–Kier alpha value is -4.12. The van der Waals surface area contributed by atoms with Crippen LogP contribution in [0, 0.1) is 0 Å². The zero-order chi connectivity index (χ0) is 31.7. The van der Waals surface area contributed by atoms with Crippen molar-refractivity contribution in [2.45, 2.75) is 62.8 Å². The first-order chi connectivity index (χ1) is 19.9. The summed E-state index contributed by atoms with van der Waals surface area (Å²) >= 11 is 0. The van der Waals surface area contributed by atoms with Crippen molar-refractivity contribution in [3.8, 4) is 0 Å². The Kier molecular flexibility index (Phi) is 16.3. The van der Waals surface area contributed by atoms with Gasteiger partial charge in [-0.25, -0.2) is 4.79 Å². The fourth-order valence-corrected chi connectivity index (χ4v) is 3.58. The lowest BCUT2D eigenvalue weighted by atomic mass is 10.1. The van der Waals surface area contributed by atoms with Crippen LogP contribution in [0.5, 0.6) is 0 Å². The number of aliphatic carboxylic acids is 1. The second-order valence-corrected chi connectivity index (χ2v) is 9.47. The highest BCUT2D eigenvalue weighted by molar-refractivity contribution is 5.95. The van der Waals surface area contributed by atoms with Gasteiger partial charge < -0.3 is 53.4 Å². The normalized spacial score (nSPS) is 14.3. The predicted octanol–water partition coefficient (Wildman–Crippen LogP) is -4.17. The summed E-state index contributed by atoms with van der Waals surface area (Å²) in [5.74, 6) is -5.33. The number of aliphatic hydroxyl groups excluding tert-OH is 2. The minimum Gasteiger partial charge on any atom is -0.480 e. The molecule has 0 radical (unpaired) electrons. The van der Waals surface area contributed by atoms with Crippen LogP contribution in [0.25, 0.3) is 0 Å². The molecule has 16 nitrogen and oxygen atoms in total. The maximum Gasteiger partial charge on any atom is 0.326 e. The van der Waals surface area contributed by atoms with Gasteiger partial charge in [-0.15, -0.1) is 0 Å². The molecular formula is C26H41N7O9. The number of hydrogen-bond donors (Lipinski definition) is 10. The third-order valence-electron chi connectivity index (χ3n) is 6.02. The van der Waals surface area contributed by atoms with Gasteiger partial charge in [-0.2, -0.15) is 0 Å². The molecule has 0 aliphatic rings. The van der Waals surface area contributed by atoms with E-state index in [1.807, 2.05) is 0 Å². The van der Waals surface area contributed by atoms with E-state index in [1.54, 1.807) is 30.3 Å². The van der Waals surface area contributed by atoms with Crippen LogP contribution in [0.4, 0.5) is 0 Å². The van der Waals surface area contributed by atoms with Crippen LogP contribution in [0.3, 0.4) is 0 Å². The van der Waals surface area contributed by atoms with Crippen LogP contribution < -0.4 is 38.1 Å². The van der Waals surface area contributed by atoms with E-state index >= 15 is 0 Å². The van der Waals surface area contributed by atoms with Gasteiger partial charge in [-0.05, 0) is 38.3 Å². The minimum atomic E-state index is -1.52. The molecule has 1 aromatic carbocycles. The van der Waals surface area contributed by atoms with Crippen molar-refractivity contribution in [1.82, 2.24) is 26.6 Å². The lowest BCUT2D eigenvalue weighted by Gasteiger charge is -2.24. The molecule has 1 aromatic rings. The Balaban J connectivity index is 2.79. The van der Waals surface area contributed by atoms with Gasteiger partial charge in [0.05, 0.1) is 19.8 Å². The third kappa shape index (κ3) is 13.0. The molecule has 42 heavy (non-hydrogen) atoms. The summed E-state index contributed by atoms with van der Waals surface area (Å²) in [6.07, 6.45) is 1.02. The number of benzene rings is 1. The van der Waals surface area contributed by atoms with E-state index in [9.17, 15) is 39.0 Å². The Morgan fingerprint density at radius 2 is 1.40 bits per heavy atom. The summed E-state index contributed by atoms with van der Waals surface area (Å²) in [6.45, 7) is -0.370. The van der Waals surface area contributed by atoms with Crippen molar-refractivity contribution in [3.63, 3.8) is 0 Å². The van der Waals surface area contributed by atoms with Gasteiger partial charge in [0.25, 0.3) is 0 Å². The SMILES string of the molecule is C[C@H](NC(=O)[C@@H](N)CO)C(=O)NCC(=O)N[C@@H](CCCCN)C(=O)N[C@@H](CO)C(=O)N[C@@H](Cc1ccccc1)C(=O)O. The molecule has 234 valence electrons. The van der Waals surface area contributed by atoms with Gasteiger partial charge in [0.2, 0.25) is 29.5 Å². The van der Waals surface area contributed by atoms with Crippen LogP contribution in [-0.2, 0) is 35.2 Å². The molecule has 0 unspecified atom stereocenters. The highest BCUT2D eigenvalue weighted by atomic mass is 16.4. The highest BCUT2D eigenvalue weighted by Crippen LogP contribution is 2.05. The van der Waals surface area contributed by atoms with E-state index in [0.717, 1.165) is 0 Å². The standard InChI is InChI=1S/C26H41N7O9/c1-15(30-23(38)17(28)13-34)22(37)29-12-21(36)31-18(9-5-6-10-27)24(39)33-20(14-35)25(40)32-19(26(41)42)11-16-7-3-2-4-8-16/h2-4,7-8,15,17-20,34-35H,5-6,9-14,27-28H2,1H3,(H,29,37)(H,30,38)(H,31,36)(H,32,40)(H,33,39)(H,41,42)/t15-,17-,18-,19-,20-/m0/s1. The molecule has 1 rings (SSSR count). The fraction of sp³-hybridized carbons (Fsp3) is 0.538. The first-order valence-corrected chi connectivity index (χ1v) is 13.4. The Labute approximate surface area is 243 Å². The number of carbonyl (C=O) groups is 6. The van der Waals surface area contributed by atoms with Crippen LogP contribution in [0.15, 0.2) is 30.3 Å². The molecule has 0 aliphatic heterocycles. The van der Waals surface area contributed by atoms with Crippen molar-refractivity contribution in [3.05, 3.63) is 35.9 Å². The van der Waals surface area contributed by atoms with Crippen LogP contribution >= 0.6 is 0 Å². The summed E-state index contributed by atoms with van der Waals surface area (Å²) in [5, 5.41) is 39.9. The van der Waals surface area contributed by atoms with Gasteiger partial charge in [-0.3, -0.25) is 24.0 Å². The number of amides is 5. The Bertz CT molecular complexity index is 1060. The van der Waals surface area contributed by atoms with E-state index in [2.05, 4.69) is 26.6 Å². The van der Waals surface area contributed by atoms with Gasteiger partial charge in [0, 0.05) is 6.42 Å². The summed E-state index contributed by atoms with van der Waals surface area (Å²) in [5.41, 5.74) is 11.5. The average Bonchev–Trinajstić information content (AvgIpc) is 2.97. The molecule has 0 spiro atoms. The number of rotatable bonds is 19. The lowest BCUT2D eigenvalue weighted by Crippen LogP contribution is -2.58. The molecule has 0 saturated carbocycles. The number of nitrogens with one attached hydrogen (secondary N) is 5. The van der Waals surface area contributed by atoms with Crippen molar-refractivity contribution in [1.29, 1.82) is 0 Å². The van der Waals surface area contributed by atoms with Crippen molar-refractivity contribution >= 4 is 35.5 Å². The smallest absolute Gasteiger partial charge is 0.326 e. The zero-order valence-corrected chi connectivity index (χ0v) is 23.4. The largest absolute Gasteiger partial charge is 0.480 e. The van der Waals surface area contributed by atoms with Crippen LogP contribution in [-0.4, -0.2) is 107 Å². The molecule has 16 heteroatoms. The predicted molar refractivity (Wildman–Crippen MR) is 149 cm³/mol. The number of nitrogens with two attached hydrogens (primary N) is 2. The van der Waals surface area contributed by atoms with Crippen molar-refractivity contribution in [2.75, 3.05) is 26.3 Å². The minimum absolute atomic E-state index is 0.0337. The molecule has 12 N–H and O–H groups in total. The van der Waals surface area contributed by atoms with E-state index < -0.39 is 85.5 Å². The van der Waals surface area contributed by atoms with Gasteiger partial charge in [0.15, 0.2) is 0 Å². The summed E-state index contributed by atoms with van der Waals surface area (Å²) in [7, 11) is 0. The molecule has 0 fully saturated rings. The maximum absolute atomic E-state index is 13.0. The van der Waals surface area contributed by atoms with Gasteiger partial charge in [0.1, 0.15) is 30.2 Å². The number of carboxylic acids is 1. The number of unbranched alkanes of at least 4 members (excludes halogenated alkanes) is 1. The van der Waals surface area contributed by atoms with E-state index in [-0.39, 0.29) is 12.8 Å². The highest BCUT2D eigenvalue weighted by Gasteiger charge is 2.29. The van der Waals surface area contributed by atoms with Crippen LogP contribution in [0.2, 0.25) is 0 Å². The average molecular weight is 596 g/mol. The summed E-state index contributed by atoms with van der Waals surface area (Å²) in [4.78, 5) is 73.9. The summed E-state index contributed by atoms with van der Waals surface area (Å²) < 4.78 is 0. The van der Waals surface area contributed by atoms with Crippen LogP contribution in [0.1, 0.15) is 31.7 Å². The zero-order valence-electron chi connectivity index (χ0n) is 23.4. The topological polar surface area (TPSA) is 275 Å². The second-order valence-electron chi connectivity index (χ2n) is 9.47. The Morgan fingerprint density at radius 3 is 1.98 bits per heavy atom. The van der Waals surface area contributed by atoms with E-state index in [1.165, 1.54) is 6.92 Å². The molecule has 0 heterocycles. The van der Waals surface area contributed by atoms with E-state index in [4.69, 9.17) is 16.6 Å². The fourth-order valence-electron chi connectivity index (χ4n) is 3.58. The molecular weight excluding hydrogens is 554 g/mol. The number of hydrogen-bond acceptors (Lipinski definition) is 10. The quantitative estimate of drug-likeness (QED) is 0.0685. The maximum atomic E-state index is 13.0. The third-order valence-corrected chi connectivity index (χ3v) is 6.02. The summed E-state index contributed by atoms with van der Waals surface area (Å²) in [6, 6.07) is 2.23. The molecule has 5 atom stereocenters. The van der Waals surface area contributed by atoms with E-state index in [0.29, 0.717) is 24.9 Å². The lowest BCUT2D eigenvalue weighted by molar-refractivity contribution is -0.142. The monoisotopic (exact) mass is 595 g/mol. The first-order valence-electron chi connectivity index (χ1n) is 13.4.